The fourth-order valence-electron chi connectivity index (χ4n) is 4.76. The molecule has 0 radical (unpaired) electrons. The highest BCUT2D eigenvalue weighted by molar-refractivity contribution is 5.81. The van der Waals surface area contributed by atoms with Gasteiger partial charge >= 0.3 is 12.1 Å². The molecule has 1 heterocycles. The van der Waals surface area contributed by atoms with Crippen molar-refractivity contribution >= 4 is 18.0 Å². The van der Waals surface area contributed by atoms with Crippen LogP contribution in [0.2, 0.25) is 0 Å². The van der Waals surface area contributed by atoms with Gasteiger partial charge in [-0.05, 0) is 47.4 Å². The minimum absolute atomic E-state index is 0.00171. The SMILES string of the molecule is CC(CCC(=O)O)CNC(=O)C1CCC(CNC(=O)OCC2c3ccccc3-c3ccccc32)O1. The molecular formula is C27H32N2O6. The lowest BCUT2D eigenvalue weighted by Crippen LogP contribution is -2.38. The number of hydrogen-bond donors (Lipinski definition) is 3. The summed E-state index contributed by atoms with van der Waals surface area (Å²) < 4.78 is 11.4. The highest BCUT2D eigenvalue weighted by Crippen LogP contribution is 2.44. The molecule has 1 fully saturated rings. The molecule has 2 aromatic rings. The van der Waals surface area contributed by atoms with Crippen LogP contribution in [-0.2, 0) is 19.1 Å². The number of amides is 2. The van der Waals surface area contributed by atoms with Gasteiger partial charge in [-0.25, -0.2) is 4.79 Å². The summed E-state index contributed by atoms with van der Waals surface area (Å²) in [5.74, 6) is -0.964. The fraction of sp³-hybridized carbons (Fsp3) is 0.444. The summed E-state index contributed by atoms with van der Waals surface area (Å²) in [4.78, 5) is 35.4. The van der Waals surface area contributed by atoms with Gasteiger partial charge in [-0.3, -0.25) is 9.59 Å². The van der Waals surface area contributed by atoms with Crippen LogP contribution in [0.5, 0.6) is 0 Å². The molecule has 2 aromatic carbocycles. The van der Waals surface area contributed by atoms with Gasteiger partial charge in [0, 0.05) is 25.4 Å². The number of fused-ring (bicyclic) bond motifs is 3. The molecule has 2 amide bonds. The quantitative estimate of drug-likeness (QED) is 0.478. The molecule has 3 atom stereocenters. The zero-order valence-corrected chi connectivity index (χ0v) is 19.9. The second kappa shape index (κ2) is 11.4. The van der Waals surface area contributed by atoms with Crippen LogP contribution in [0.3, 0.4) is 0 Å². The number of carbonyl (C=O) groups is 3. The Morgan fingerprint density at radius 3 is 2.34 bits per heavy atom. The average molecular weight is 481 g/mol. The van der Waals surface area contributed by atoms with Crippen LogP contribution in [-0.4, -0.2) is 55.0 Å². The van der Waals surface area contributed by atoms with Gasteiger partial charge in [0.25, 0.3) is 0 Å². The first-order valence-electron chi connectivity index (χ1n) is 12.2. The Kier molecular flexibility index (Phi) is 8.02. The van der Waals surface area contributed by atoms with Crippen molar-refractivity contribution in [1.82, 2.24) is 10.6 Å². The molecule has 0 spiro atoms. The molecule has 0 aromatic heterocycles. The Balaban J connectivity index is 1.18. The number of rotatable bonds is 10. The van der Waals surface area contributed by atoms with Crippen LogP contribution in [0, 0.1) is 5.92 Å². The van der Waals surface area contributed by atoms with Crippen LogP contribution in [0.15, 0.2) is 48.5 Å². The van der Waals surface area contributed by atoms with Gasteiger partial charge in [-0.15, -0.1) is 0 Å². The normalized spacial score (nSPS) is 19.5. The Hall–Kier alpha value is -3.39. The minimum Gasteiger partial charge on any atom is -0.481 e. The Morgan fingerprint density at radius 1 is 1.03 bits per heavy atom. The predicted molar refractivity (Wildman–Crippen MR) is 130 cm³/mol. The monoisotopic (exact) mass is 480 g/mol. The van der Waals surface area contributed by atoms with Gasteiger partial charge in [-0.2, -0.15) is 0 Å². The third kappa shape index (κ3) is 6.19. The van der Waals surface area contributed by atoms with Crippen molar-refractivity contribution in [3.05, 3.63) is 59.7 Å². The van der Waals surface area contributed by atoms with E-state index in [2.05, 4.69) is 34.9 Å². The van der Waals surface area contributed by atoms with Crippen molar-refractivity contribution in [2.75, 3.05) is 19.7 Å². The van der Waals surface area contributed by atoms with Gasteiger partial charge in [-0.1, -0.05) is 55.5 Å². The summed E-state index contributed by atoms with van der Waals surface area (Å²) in [5.41, 5.74) is 4.67. The number of carboxylic acid groups (broad SMARTS) is 1. The van der Waals surface area contributed by atoms with E-state index in [0.717, 1.165) is 11.1 Å². The van der Waals surface area contributed by atoms with Crippen molar-refractivity contribution in [1.29, 1.82) is 0 Å². The predicted octanol–water partition coefficient (Wildman–Crippen LogP) is 3.69. The summed E-state index contributed by atoms with van der Waals surface area (Å²) >= 11 is 0. The summed E-state index contributed by atoms with van der Waals surface area (Å²) in [5, 5.41) is 14.3. The van der Waals surface area contributed by atoms with E-state index >= 15 is 0 Å². The first kappa shape index (κ1) is 24.7. The molecule has 186 valence electrons. The molecule has 0 saturated carbocycles. The average Bonchev–Trinajstić information content (AvgIpc) is 3.46. The fourth-order valence-corrected chi connectivity index (χ4v) is 4.76. The van der Waals surface area contributed by atoms with E-state index < -0.39 is 18.2 Å². The number of alkyl carbamates (subject to hydrolysis) is 1. The number of carboxylic acids is 1. The summed E-state index contributed by atoms with van der Waals surface area (Å²) in [6.07, 6.45) is 0.513. The van der Waals surface area contributed by atoms with Gasteiger partial charge in [0.15, 0.2) is 0 Å². The van der Waals surface area contributed by atoms with Crippen molar-refractivity contribution in [2.45, 2.75) is 50.7 Å². The zero-order valence-electron chi connectivity index (χ0n) is 19.9. The lowest BCUT2D eigenvalue weighted by Gasteiger charge is -2.17. The van der Waals surface area contributed by atoms with Crippen molar-refractivity contribution in [3.63, 3.8) is 0 Å². The second-order valence-electron chi connectivity index (χ2n) is 9.31. The topological polar surface area (TPSA) is 114 Å². The van der Waals surface area contributed by atoms with E-state index in [4.69, 9.17) is 14.6 Å². The van der Waals surface area contributed by atoms with Crippen LogP contribution >= 0.6 is 0 Å². The lowest BCUT2D eigenvalue weighted by atomic mass is 9.98. The van der Waals surface area contributed by atoms with E-state index in [1.54, 1.807) is 0 Å². The molecule has 35 heavy (non-hydrogen) atoms. The van der Waals surface area contributed by atoms with Crippen LogP contribution in [0.1, 0.15) is 49.7 Å². The second-order valence-corrected chi connectivity index (χ2v) is 9.31. The molecule has 2 aliphatic rings. The highest BCUT2D eigenvalue weighted by Gasteiger charge is 2.32. The number of nitrogens with one attached hydrogen (secondary N) is 2. The Labute approximate surface area is 205 Å². The van der Waals surface area contributed by atoms with Crippen molar-refractivity contribution in [2.24, 2.45) is 5.92 Å². The summed E-state index contributed by atoms with van der Waals surface area (Å²) in [7, 11) is 0. The number of benzene rings is 2. The number of ether oxygens (including phenoxy) is 2. The molecule has 1 saturated heterocycles. The van der Waals surface area contributed by atoms with E-state index in [9.17, 15) is 14.4 Å². The molecule has 3 N–H and O–H groups in total. The maximum Gasteiger partial charge on any atom is 0.407 e. The van der Waals surface area contributed by atoms with E-state index in [1.807, 2.05) is 31.2 Å². The van der Waals surface area contributed by atoms with E-state index in [1.165, 1.54) is 11.1 Å². The molecule has 4 rings (SSSR count). The van der Waals surface area contributed by atoms with E-state index in [0.29, 0.717) is 25.8 Å². The maximum atomic E-state index is 12.4. The third-order valence-electron chi connectivity index (χ3n) is 6.69. The molecule has 8 heteroatoms. The minimum atomic E-state index is -0.839. The summed E-state index contributed by atoms with van der Waals surface area (Å²) in [6, 6.07) is 16.4. The maximum absolute atomic E-state index is 12.4. The Morgan fingerprint density at radius 2 is 1.69 bits per heavy atom. The van der Waals surface area contributed by atoms with E-state index in [-0.39, 0.29) is 43.4 Å². The highest BCUT2D eigenvalue weighted by atomic mass is 16.5. The zero-order chi connectivity index (χ0) is 24.8. The van der Waals surface area contributed by atoms with Gasteiger partial charge in [0.05, 0.1) is 6.10 Å². The number of hydrogen-bond acceptors (Lipinski definition) is 5. The van der Waals surface area contributed by atoms with Gasteiger partial charge in [0.2, 0.25) is 5.91 Å². The van der Waals surface area contributed by atoms with Crippen LogP contribution in [0.25, 0.3) is 11.1 Å². The van der Waals surface area contributed by atoms with Crippen LogP contribution < -0.4 is 10.6 Å². The molecule has 3 unspecified atom stereocenters. The largest absolute Gasteiger partial charge is 0.481 e. The molecule has 1 aliphatic heterocycles. The smallest absolute Gasteiger partial charge is 0.407 e. The van der Waals surface area contributed by atoms with Crippen molar-refractivity contribution in [3.8, 4) is 11.1 Å². The van der Waals surface area contributed by atoms with Gasteiger partial charge < -0.3 is 25.2 Å². The Bertz CT molecular complexity index is 1030. The standard InChI is InChI=1S/C27H32N2O6/c1-17(10-13-25(30)31)14-28-26(32)24-12-11-18(35-24)15-29-27(33)34-16-23-21-8-4-2-6-19(21)20-7-3-5-9-22(20)23/h2-9,17-18,23-24H,10-16H2,1H3,(H,28,32)(H,29,33)(H,30,31). The third-order valence-corrected chi connectivity index (χ3v) is 6.69. The molecular weight excluding hydrogens is 448 g/mol. The summed E-state index contributed by atoms with van der Waals surface area (Å²) in [6.45, 7) is 2.83. The molecule has 0 bridgehead atoms. The first-order chi connectivity index (χ1) is 16.9. The first-order valence-corrected chi connectivity index (χ1v) is 12.2. The van der Waals surface area contributed by atoms with Gasteiger partial charge in [0.1, 0.15) is 12.7 Å². The van der Waals surface area contributed by atoms with Crippen molar-refractivity contribution < 1.29 is 29.0 Å². The lowest BCUT2D eigenvalue weighted by molar-refractivity contribution is -0.137. The van der Waals surface area contributed by atoms with Crippen LogP contribution in [0.4, 0.5) is 4.79 Å². The molecule has 1 aliphatic carbocycles. The number of aliphatic carboxylic acids is 1. The number of carbonyl (C=O) groups excluding carboxylic acids is 2. The molecule has 8 nitrogen and oxygen atoms in total.